The summed E-state index contributed by atoms with van der Waals surface area (Å²) in [5.41, 5.74) is 2.47. The third-order valence-electron chi connectivity index (χ3n) is 2.78. The maximum Gasteiger partial charge on any atom is 0.146 e. The van der Waals surface area contributed by atoms with Crippen LogP contribution in [0.25, 0.3) is 0 Å². The zero-order chi connectivity index (χ0) is 12.1. The smallest absolute Gasteiger partial charge is 0.146 e. The number of nitrogens with one attached hydrogen (secondary N) is 1. The van der Waals surface area contributed by atoms with Crippen molar-refractivity contribution in [2.75, 3.05) is 0 Å². The van der Waals surface area contributed by atoms with Gasteiger partial charge in [-0.3, -0.25) is 4.98 Å². The van der Waals surface area contributed by atoms with Crippen LogP contribution in [0, 0.1) is 6.92 Å². The molecule has 0 atom stereocenters. The topological polar surface area (TPSA) is 55.6 Å². The molecular formula is C12H17N5. The Bertz CT molecular complexity index is 477. The van der Waals surface area contributed by atoms with Crippen molar-refractivity contribution in [2.24, 2.45) is 0 Å². The van der Waals surface area contributed by atoms with Crippen LogP contribution in [0.5, 0.6) is 0 Å². The molecule has 0 saturated heterocycles. The molecule has 0 aromatic carbocycles. The second-order valence-corrected chi connectivity index (χ2v) is 3.94. The highest BCUT2D eigenvalue weighted by atomic mass is 15.3. The molecule has 2 heterocycles. The Hall–Kier alpha value is -1.75. The Labute approximate surface area is 101 Å². The number of rotatable bonds is 5. The van der Waals surface area contributed by atoms with E-state index in [0.717, 1.165) is 25.5 Å². The lowest BCUT2D eigenvalue weighted by atomic mass is 10.1. The van der Waals surface area contributed by atoms with Crippen LogP contribution in [0.4, 0.5) is 0 Å². The highest BCUT2D eigenvalue weighted by Crippen LogP contribution is 2.04. The van der Waals surface area contributed by atoms with Gasteiger partial charge in [0.2, 0.25) is 0 Å². The lowest BCUT2D eigenvalue weighted by Crippen LogP contribution is -2.17. The lowest BCUT2D eigenvalue weighted by Gasteiger charge is -2.07. The van der Waals surface area contributed by atoms with E-state index in [2.05, 4.69) is 34.3 Å². The van der Waals surface area contributed by atoms with Gasteiger partial charge in [-0.05, 0) is 31.0 Å². The van der Waals surface area contributed by atoms with E-state index >= 15 is 0 Å². The first-order valence-electron chi connectivity index (χ1n) is 5.78. The predicted molar refractivity (Wildman–Crippen MR) is 65.2 cm³/mol. The summed E-state index contributed by atoms with van der Waals surface area (Å²) in [6.07, 6.45) is 5.46. The van der Waals surface area contributed by atoms with Gasteiger partial charge in [-0.1, -0.05) is 0 Å². The number of aryl methyl sites for hydroxylation is 2. The number of pyridine rings is 1. The van der Waals surface area contributed by atoms with Crippen molar-refractivity contribution < 1.29 is 0 Å². The van der Waals surface area contributed by atoms with Crippen molar-refractivity contribution >= 4 is 0 Å². The molecule has 0 saturated carbocycles. The van der Waals surface area contributed by atoms with Gasteiger partial charge in [0.15, 0.2) is 0 Å². The minimum absolute atomic E-state index is 0.724. The molecule has 2 rings (SSSR count). The Morgan fingerprint density at radius 2 is 2.24 bits per heavy atom. The fourth-order valence-electron chi connectivity index (χ4n) is 1.67. The van der Waals surface area contributed by atoms with Gasteiger partial charge in [0, 0.05) is 25.5 Å². The lowest BCUT2D eigenvalue weighted by molar-refractivity contribution is 0.610. The molecule has 0 spiro atoms. The molecule has 0 aliphatic carbocycles. The van der Waals surface area contributed by atoms with Crippen LogP contribution in [0.2, 0.25) is 0 Å². The van der Waals surface area contributed by atoms with Crippen LogP contribution in [0.15, 0.2) is 24.8 Å². The van der Waals surface area contributed by atoms with Crippen LogP contribution in [0.3, 0.4) is 0 Å². The maximum atomic E-state index is 4.12. The second-order valence-electron chi connectivity index (χ2n) is 3.94. The molecule has 0 amide bonds. The van der Waals surface area contributed by atoms with Gasteiger partial charge in [0.05, 0.1) is 6.54 Å². The summed E-state index contributed by atoms with van der Waals surface area (Å²) in [5.74, 6) is 0.967. The van der Waals surface area contributed by atoms with Crippen molar-refractivity contribution in [3.8, 4) is 0 Å². The molecular weight excluding hydrogens is 214 g/mol. The van der Waals surface area contributed by atoms with Gasteiger partial charge in [0.25, 0.3) is 0 Å². The van der Waals surface area contributed by atoms with Crippen molar-refractivity contribution in [3.05, 3.63) is 41.7 Å². The summed E-state index contributed by atoms with van der Waals surface area (Å²) in [5, 5.41) is 11.3. The van der Waals surface area contributed by atoms with Crippen LogP contribution < -0.4 is 5.32 Å². The standard InChI is InChI=1S/C12H17N5/c1-3-17-9-15-16-12(17)8-14-7-11-6-13-5-4-10(11)2/h4-6,9,14H,3,7-8H2,1-2H3. The Balaban J connectivity index is 1.90. The van der Waals surface area contributed by atoms with E-state index in [1.165, 1.54) is 11.1 Å². The zero-order valence-electron chi connectivity index (χ0n) is 10.2. The first-order valence-corrected chi connectivity index (χ1v) is 5.78. The Kier molecular flexibility index (Phi) is 3.82. The van der Waals surface area contributed by atoms with Crippen molar-refractivity contribution in [1.29, 1.82) is 0 Å². The highest BCUT2D eigenvalue weighted by molar-refractivity contribution is 5.20. The molecule has 0 unspecified atom stereocenters. The monoisotopic (exact) mass is 231 g/mol. The molecule has 2 aromatic rings. The van der Waals surface area contributed by atoms with Gasteiger partial charge in [-0.25, -0.2) is 0 Å². The quantitative estimate of drug-likeness (QED) is 0.842. The Morgan fingerprint density at radius 3 is 3.00 bits per heavy atom. The van der Waals surface area contributed by atoms with E-state index in [9.17, 15) is 0 Å². The van der Waals surface area contributed by atoms with E-state index in [1.807, 2.05) is 23.0 Å². The fourth-order valence-corrected chi connectivity index (χ4v) is 1.67. The number of aromatic nitrogens is 4. The average Bonchev–Trinajstić information content (AvgIpc) is 2.79. The highest BCUT2D eigenvalue weighted by Gasteiger charge is 2.02. The van der Waals surface area contributed by atoms with Crippen molar-refractivity contribution in [2.45, 2.75) is 33.5 Å². The molecule has 0 radical (unpaired) electrons. The van der Waals surface area contributed by atoms with Crippen LogP contribution >= 0.6 is 0 Å². The third-order valence-corrected chi connectivity index (χ3v) is 2.78. The molecule has 90 valence electrons. The van der Waals surface area contributed by atoms with Gasteiger partial charge in [-0.15, -0.1) is 10.2 Å². The third kappa shape index (κ3) is 2.88. The fraction of sp³-hybridized carbons (Fsp3) is 0.417. The minimum Gasteiger partial charge on any atom is -0.317 e. The molecule has 5 heteroatoms. The SMILES string of the molecule is CCn1cnnc1CNCc1cnccc1C. The average molecular weight is 231 g/mol. The predicted octanol–water partition coefficient (Wildman–Crippen LogP) is 1.29. The first kappa shape index (κ1) is 11.7. The number of hydrogen-bond donors (Lipinski definition) is 1. The summed E-state index contributed by atoms with van der Waals surface area (Å²) in [6.45, 7) is 6.60. The zero-order valence-corrected chi connectivity index (χ0v) is 10.2. The number of nitrogens with zero attached hydrogens (tertiary/aromatic N) is 4. The number of hydrogen-bond acceptors (Lipinski definition) is 4. The molecule has 2 aromatic heterocycles. The summed E-state index contributed by atoms with van der Waals surface area (Å²) in [7, 11) is 0. The van der Waals surface area contributed by atoms with Gasteiger partial charge in [0.1, 0.15) is 12.2 Å². The first-order chi connectivity index (χ1) is 8.31. The normalized spacial score (nSPS) is 10.7. The molecule has 0 bridgehead atoms. The minimum atomic E-state index is 0.724. The molecule has 0 aliphatic rings. The second kappa shape index (κ2) is 5.54. The maximum absolute atomic E-state index is 4.12. The van der Waals surface area contributed by atoms with Crippen molar-refractivity contribution in [3.63, 3.8) is 0 Å². The van der Waals surface area contributed by atoms with E-state index in [0.29, 0.717) is 0 Å². The van der Waals surface area contributed by atoms with E-state index < -0.39 is 0 Å². The largest absolute Gasteiger partial charge is 0.317 e. The van der Waals surface area contributed by atoms with Crippen molar-refractivity contribution in [1.82, 2.24) is 25.1 Å². The molecule has 17 heavy (non-hydrogen) atoms. The Morgan fingerprint density at radius 1 is 1.35 bits per heavy atom. The molecule has 0 aliphatic heterocycles. The van der Waals surface area contributed by atoms with Gasteiger partial charge >= 0.3 is 0 Å². The van der Waals surface area contributed by atoms with Gasteiger partial charge < -0.3 is 9.88 Å². The summed E-state index contributed by atoms with van der Waals surface area (Å²) in [6, 6.07) is 2.02. The summed E-state index contributed by atoms with van der Waals surface area (Å²) >= 11 is 0. The van der Waals surface area contributed by atoms with Gasteiger partial charge in [-0.2, -0.15) is 0 Å². The summed E-state index contributed by atoms with van der Waals surface area (Å²) in [4.78, 5) is 4.12. The van der Waals surface area contributed by atoms with E-state index in [-0.39, 0.29) is 0 Å². The van der Waals surface area contributed by atoms with E-state index in [1.54, 1.807) is 6.33 Å². The van der Waals surface area contributed by atoms with E-state index in [4.69, 9.17) is 0 Å². The summed E-state index contributed by atoms with van der Waals surface area (Å²) < 4.78 is 2.03. The van der Waals surface area contributed by atoms with Crippen LogP contribution in [0.1, 0.15) is 23.9 Å². The van der Waals surface area contributed by atoms with Crippen LogP contribution in [-0.4, -0.2) is 19.7 Å². The van der Waals surface area contributed by atoms with Crippen LogP contribution in [-0.2, 0) is 19.6 Å². The molecule has 0 fully saturated rings. The molecule has 1 N–H and O–H groups in total. The molecule has 5 nitrogen and oxygen atoms in total.